The fraction of sp³-hybridized carbons (Fsp3) is 0.316. The Kier molecular flexibility index (Phi) is 5.42. The first-order valence-corrected chi connectivity index (χ1v) is 9.42. The largest absolute Gasteiger partial charge is 0.482 e. The van der Waals surface area contributed by atoms with E-state index in [0.717, 1.165) is 12.1 Å². The molecular weight excluding hydrogens is 463 g/mol. The molecule has 150 valence electrons. The van der Waals surface area contributed by atoms with Gasteiger partial charge in [0.15, 0.2) is 12.2 Å². The summed E-state index contributed by atoms with van der Waals surface area (Å²) in [6.07, 6.45) is -5.00. The number of aliphatic hydroxyl groups is 1. The van der Waals surface area contributed by atoms with E-state index in [4.69, 9.17) is 16.3 Å². The topological polar surface area (TPSA) is 49.8 Å². The van der Waals surface area contributed by atoms with Gasteiger partial charge in [-0.15, -0.1) is 0 Å². The lowest BCUT2D eigenvalue weighted by atomic mass is 9.77. The van der Waals surface area contributed by atoms with Crippen molar-refractivity contribution in [2.24, 2.45) is 0 Å². The van der Waals surface area contributed by atoms with E-state index < -0.39 is 29.2 Å². The van der Waals surface area contributed by atoms with E-state index in [1.165, 1.54) is 37.1 Å². The molecule has 0 spiro atoms. The average Bonchev–Trinajstić information content (AvgIpc) is 2.62. The lowest BCUT2D eigenvalue weighted by Crippen LogP contribution is -2.47. The second-order valence-electron chi connectivity index (χ2n) is 6.58. The Bertz CT molecular complexity index is 937. The van der Waals surface area contributed by atoms with Gasteiger partial charge < -0.3 is 14.7 Å². The molecule has 1 heterocycles. The van der Waals surface area contributed by atoms with E-state index >= 15 is 0 Å². The first kappa shape index (κ1) is 21.0. The van der Waals surface area contributed by atoms with Gasteiger partial charge in [-0.3, -0.25) is 4.79 Å². The second-order valence-corrected chi connectivity index (χ2v) is 7.90. The predicted molar refractivity (Wildman–Crippen MR) is 103 cm³/mol. The Morgan fingerprint density at radius 3 is 2.54 bits per heavy atom. The SMILES string of the molecule is CC(c1ccc(Br)cc1Cl)C(O)(c1ccc2c(c1)N(C)C(=O)CO2)C(F)(F)F. The number of ether oxygens (including phenoxy) is 1. The number of rotatable bonds is 3. The van der Waals surface area contributed by atoms with Crippen LogP contribution in [0.2, 0.25) is 5.02 Å². The number of carbonyl (C=O) groups is 1. The van der Waals surface area contributed by atoms with Crippen LogP contribution in [0.1, 0.15) is 24.0 Å². The number of carbonyl (C=O) groups excluding carboxylic acids is 1. The van der Waals surface area contributed by atoms with Gasteiger partial charge in [0.1, 0.15) is 5.75 Å². The van der Waals surface area contributed by atoms with Gasteiger partial charge in [-0.1, -0.05) is 46.6 Å². The van der Waals surface area contributed by atoms with Crippen molar-refractivity contribution in [1.29, 1.82) is 0 Å². The Morgan fingerprint density at radius 1 is 1.25 bits per heavy atom. The zero-order chi connectivity index (χ0) is 20.9. The van der Waals surface area contributed by atoms with Crippen molar-refractivity contribution >= 4 is 39.1 Å². The Hall–Kier alpha value is -1.77. The number of alkyl halides is 3. The molecule has 0 saturated heterocycles. The van der Waals surface area contributed by atoms with Crippen LogP contribution < -0.4 is 9.64 Å². The number of hydrogen-bond acceptors (Lipinski definition) is 3. The zero-order valence-electron chi connectivity index (χ0n) is 14.8. The van der Waals surface area contributed by atoms with Gasteiger partial charge in [0.2, 0.25) is 0 Å². The molecule has 0 saturated carbocycles. The third-order valence-corrected chi connectivity index (χ3v) is 5.79. The summed E-state index contributed by atoms with van der Waals surface area (Å²) in [5.74, 6) is -1.55. The van der Waals surface area contributed by atoms with Crippen LogP contribution in [-0.4, -0.2) is 30.8 Å². The number of hydrogen-bond donors (Lipinski definition) is 1. The van der Waals surface area contributed by atoms with Crippen LogP contribution in [0.5, 0.6) is 5.75 Å². The number of anilines is 1. The Labute approximate surface area is 173 Å². The molecule has 0 bridgehead atoms. The summed E-state index contributed by atoms with van der Waals surface area (Å²) in [4.78, 5) is 13.0. The first-order valence-electron chi connectivity index (χ1n) is 8.24. The van der Waals surface area contributed by atoms with Gasteiger partial charge in [0.25, 0.3) is 5.91 Å². The maximum Gasteiger partial charge on any atom is 0.422 e. The number of nitrogens with zero attached hydrogens (tertiary/aromatic N) is 1. The number of halogens is 5. The number of likely N-dealkylation sites (N-methyl/N-ethyl adjacent to an activating group) is 1. The third kappa shape index (κ3) is 3.38. The molecule has 4 nitrogen and oxygen atoms in total. The highest BCUT2D eigenvalue weighted by molar-refractivity contribution is 9.10. The molecule has 0 radical (unpaired) electrons. The number of benzene rings is 2. The van der Waals surface area contributed by atoms with E-state index in [2.05, 4.69) is 15.9 Å². The van der Waals surface area contributed by atoms with Crippen molar-refractivity contribution in [2.75, 3.05) is 18.6 Å². The molecule has 9 heteroatoms. The third-order valence-electron chi connectivity index (χ3n) is 4.97. The molecule has 1 amide bonds. The predicted octanol–water partition coefficient (Wildman–Crippen LogP) is 5.01. The maximum atomic E-state index is 14.1. The maximum absolute atomic E-state index is 14.1. The van der Waals surface area contributed by atoms with Crippen molar-refractivity contribution in [1.82, 2.24) is 0 Å². The minimum absolute atomic E-state index is 0.0955. The molecule has 1 N–H and O–H groups in total. The van der Waals surface area contributed by atoms with Gasteiger partial charge >= 0.3 is 6.18 Å². The quantitative estimate of drug-likeness (QED) is 0.675. The minimum Gasteiger partial charge on any atom is -0.482 e. The van der Waals surface area contributed by atoms with Crippen molar-refractivity contribution < 1.29 is 27.8 Å². The zero-order valence-corrected chi connectivity index (χ0v) is 17.2. The van der Waals surface area contributed by atoms with Gasteiger partial charge in [0.05, 0.1) is 5.69 Å². The summed E-state index contributed by atoms with van der Waals surface area (Å²) in [5, 5.41) is 11.0. The van der Waals surface area contributed by atoms with Gasteiger partial charge in [-0.2, -0.15) is 13.2 Å². The van der Waals surface area contributed by atoms with Crippen molar-refractivity contribution in [3.63, 3.8) is 0 Å². The van der Waals surface area contributed by atoms with E-state index in [1.807, 2.05) is 0 Å². The average molecular weight is 479 g/mol. The fourth-order valence-electron chi connectivity index (χ4n) is 3.25. The molecule has 2 aromatic rings. The molecule has 0 aliphatic carbocycles. The Balaban J connectivity index is 2.16. The molecule has 0 aromatic heterocycles. The van der Waals surface area contributed by atoms with Crippen LogP contribution >= 0.6 is 27.5 Å². The molecule has 1 aliphatic rings. The molecule has 2 aromatic carbocycles. The van der Waals surface area contributed by atoms with E-state index in [9.17, 15) is 23.1 Å². The van der Waals surface area contributed by atoms with Crippen LogP contribution in [0, 0.1) is 0 Å². The summed E-state index contributed by atoms with van der Waals surface area (Å²) >= 11 is 9.36. The highest BCUT2D eigenvalue weighted by atomic mass is 79.9. The van der Waals surface area contributed by atoms with Crippen LogP contribution in [-0.2, 0) is 10.4 Å². The molecule has 3 rings (SSSR count). The fourth-order valence-corrected chi connectivity index (χ4v) is 4.08. The summed E-state index contributed by atoms with van der Waals surface area (Å²) in [5.41, 5.74) is -3.34. The Morgan fingerprint density at radius 2 is 1.93 bits per heavy atom. The second kappa shape index (κ2) is 7.24. The normalized spacial score (nSPS) is 17.6. The van der Waals surface area contributed by atoms with Gasteiger partial charge in [0, 0.05) is 22.5 Å². The summed E-state index contributed by atoms with van der Waals surface area (Å²) in [7, 11) is 1.44. The lowest BCUT2D eigenvalue weighted by molar-refractivity contribution is -0.274. The molecule has 2 unspecified atom stereocenters. The molecular formula is C19H16BrClF3NO3. The molecule has 0 fully saturated rings. The smallest absolute Gasteiger partial charge is 0.422 e. The lowest BCUT2D eigenvalue weighted by Gasteiger charge is -2.38. The van der Waals surface area contributed by atoms with Crippen LogP contribution in [0.25, 0.3) is 0 Å². The van der Waals surface area contributed by atoms with Crippen LogP contribution in [0.15, 0.2) is 40.9 Å². The number of amides is 1. The number of fused-ring (bicyclic) bond motifs is 1. The summed E-state index contributed by atoms with van der Waals surface area (Å²) < 4.78 is 48.2. The first-order chi connectivity index (χ1) is 13.0. The van der Waals surface area contributed by atoms with Gasteiger partial charge in [-0.05, 0) is 35.4 Å². The summed E-state index contributed by atoms with van der Waals surface area (Å²) in [6, 6.07) is 8.06. The standard InChI is InChI=1S/C19H16BrClF3NO3/c1-10(13-5-4-12(20)8-14(13)21)18(27,19(22,23)24)11-3-6-16-15(7-11)25(2)17(26)9-28-16/h3-8,10,27H,9H2,1-2H3. The summed E-state index contributed by atoms with van der Waals surface area (Å²) in [6.45, 7) is 1.06. The molecule has 1 aliphatic heterocycles. The van der Waals surface area contributed by atoms with Gasteiger partial charge in [-0.25, -0.2) is 0 Å². The van der Waals surface area contributed by atoms with Crippen LogP contribution in [0.4, 0.5) is 18.9 Å². The van der Waals surface area contributed by atoms with E-state index in [-0.39, 0.29) is 28.6 Å². The van der Waals surface area contributed by atoms with Crippen molar-refractivity contribution in [3.8, 4) is 5.75 Å². The molecule has 2 atom stereocenters. The minimum atomic E-state index is -5.00. The van der Waals surface area contributed by atoms with E-state index in [0.29, 0.717) is 4.47 Å². The van der Waals surface area contributed by atoms with E-state index in [1.54, 1.807) is 6.07 Å². The highest BCUT2D eigenvalue weighted by Gasteiger charge is 2.59. The monoisotopic (exact) mass is 477 g/mol. The van der Waals surface area contributed by atoms with Crippen molar-refractivity contribution in [2.45, 2.75) is 24.6 Å². The molecule has 28 heavy (non-hydrogen) atoms. The van der Waals surface area contributed by atoms with Crippen LogP contribution in [0.3, 0.4) is 0 Å². The highest BCUT2D eigenvalue weighted by Crippen LogP contribution is 2.51. The van der Waals surface area contributed by atoms with Crippen molar-refractivity contribution in [3.05, 3.63) is 57.0 Å².